The smallest absolute Gasteiger partial charge is 0.278 e. The molecule has 1 aromatic rings. The van der Waals surface area contributed by atoms with Crippen molar-refractivity contribution in [1.29, 1.82) is 0 Å². The number of hydrogen-bond acceptors (Lipinski definition) is 5. The molecule has 6 heteroatoms. The lowest BCUT2D eigenvalue weighted by Crippen LogP contribution is -2.20. The first-order valence-corrected chi connectivity index (χ1v) is 6.12. The minimum Gasteiger partial charge on any atom is -0.493 e. The van der Waals surface area contributed by atoms with E-state index in [1.807, 2.05) is 13.8 Å². The minimum absolute atomic E-state index is 0.0366. The molecule has 1 rings (SSSR count). The van der Waals surface area contributed by atoms with Crippen LogP contribution in [0.3, 0.4) is 0 Å². The summed E-state index contributed by atoms with van der Waals surface area (Å²) in [6.45, 7) is 3.96. The third kappa shape index (κ3) is 3.14. The van der Waals surface area contributed by atoms with E-state index >= 15 is 0 Å². The molecule has 0 aromatic heterocycles. The number of ether oxygens (including phenoxy) is 2. The minimum atomic E-state index is -0.445. The van der Waals surface area contributed by atoms with Gasteiger partial charge in [0.05, 0.1) is 30.8 Å². The molecule has 0 aliphatic rings. The van der Waals surface area contributed by atoms with Crippen molar-refractivity contribution in [2.45, 2.75) is 26.3 Å². The summed E-state index contributed by atoms with van der Waals surface area (Å²) in [7, 11) is 2.93. The van der Waals surface area contributed by atoms with E-state index in [4.69, 9.17) is 15.2 Å². The van der Waals surface area contributed by atoms with Crippen LogP contribution in [0, 0.1) is 16.0 Å². The Morgan fingerprint density at radius 1 is 1.32 bits per heavy atom. The molecule has 1 unspecified atom stereocenters. The van der Waals surface area contributed by atoms with Crippen molar-refractivity contribution in [3.63, 3.8) is 0 Å². The van der Waals surface area contributed by atoms with Gasteiger partial charge in [-0.1, -0.05) is 20.3 Å². The molecule has 0 fully saturated rings. The monoisotopic (exact) mass is 268 g/mol. The number of methoxy groups -OCH3 is 2. The summed E-state index contributed by atoms with van der Waals surface area (Å²) in [6, 6.07) is 2.54. The third-order valence-electron chi connectivity index (χ3n) is 3.35. The average molecular weight is 268 g/mol. The number of benzene rings is 1. The standard InChI is InChI=1S/C13H20N2O4/c1-5-8(2)13(14)9-6-11(18-3)12(19-4)7-10(9)15(16)17/h6-8,13H,5,14H2,1-4H3/t8?,13-/m1/s1. The van der Waals surface area contributed by atoms with E-state index in [9.17, 15) is 10.1 Å². The van der Waals surface area contributed by atoms with Gasteiger partial charge in [0, 0.05) is 6.04 Å². The van der Waals surface area contributed by atoms with E-state index in [1.54, 1.807) is 6.07 Å². The molecule has 0 aliphatic carbocycles. The van der Waals surface area contributed by atoms with Gasteiger partial charge in [-0.05, 0) is 12.0 Å². The van der Waals surface area contributed by atoms with Gasteiger partial charge in [-0.15, -0.1) is 0 Å². The summed E-state index contributed by atoms with van der Waals surface area (Å²) >= 11 is 0. The first-order chi connectivity index (χ1) is 8.96. The largest absolute Gasteiger partial charge is 0.493 e. The zero-order valence-corrected chi connectivity index (χ0v) is 11.7. The van der Waals surface area contributed by atoms with Gasteiger partial charge in [0.2, 0.25) is 0 Å². The first-order valence-electron chi connectivity index (χ1n) is 6.12. The Bertz CT molecular complexity index is 462. The van der Waals surface area contributed by atoms with Gasteiger partial charge in [-0.2, -0.15) is 0 Å². The molecular weight excluding hydrogens is 248 g/mol. The summed E-state index contributed by atoms with van der Waals surface area (Å²) in [6.07, 6.45) is 0.840. The SMILES string of the molecule is CCC(C)[C@@H](N)c1cc(OC)c(OC)cc1[N+](=O)[O-]. The quantitative estimate of drug-likeness (QED) is 0.633. The molecule has 1 aromatic carbocycles. The number of nitrogens with two attached hydrogens (primary N) is 1. The van der Waals surface area contributed by atoms with Crippen LogP contribution in [0.1, 0.15) is 31.9 Å². The zero-order chi connectivity index (χ0) is 14.6. The molecule has 0 saturated carbocycles. The molecule has 0 aliphatic heterocycles. The normalized spacial score (nSPS) is 13.7. The lowest BCUT2D eigenvalue weighted by Gasteiger charge is -2.20. The van der Waals surface area contributed by atoms with Crippen molar-refractivity contribution >= 4 is 5.69 Å². The fourth-order valence-corrected chi connectivity index (χ4v) is 1.87. The van der Waals surface area contributed by atoms with Crippen molar-refractivity contribution in [2.75, 3.05) is 14.2 Å². The highest BCUT2D eigenvalue weighted by atomic mass is 16.6. The lowest BCUT2D eigenvalue weighted by molar-refractivity contribution is -0.385. The second-order valence-corrected chi connectivity index (χ2v) is 4.43. The molecular formula is C13H20N2O4. The van der Waals surface area contributed by atoms with Gasteiger partial charge >= 0.3 is 0 Å². The van der Waals surface area contributed by atoms with Crippen LogP contribution < -0.4 is 15.2 Å². The second kappa shape index (κ2) is 6.38. The van der Waals surface area contributed by atoms with E-state index in [1.165, 1.54) is 20.3 Å². The maximum Gasteiger partial charge on any atom is 0.278 e. The maximum atomic E-state index is 11.2. The predicted molar refractivity (Wildman–Crippen MR) is 72.6 cm³/mol. The molecule has 0 bridgehead atoms. The highest BCUT2D eigenvalue weighted by Crippen LogP contribution is 2.38. The summed E-state index contributed by atoms with van der Waals surface area (Å²) in [4.78, 5) is 10.7. The fourth-order valence-electron chi connectivity index (χ4n) is 1.87. The topological polar surface area (TPSA) is 87.6 Å². The summed E-state index contributed by atoms with van der Waals surface area (Å²) in [5, 5.41) is 11.2. The van der Waals surface area contributed by atoms with Gasteiger partial charge in [0.15, 0.2) is 11.5 Å². The van der Waals surface area contributed by atoms with Crippen LogP contribution >= 0.6 is 0 Å². The molecule has 0 radical (unpaired) electrons. The first kappa shape index (κ1) is 15.2. The van der Waals surface area contributed by atoms with E-state index < -0.39 is 11.0 Å². The van der Waals surface area contributed by atoms with Gasteiger partial charge in [0.25, 0.3) is 5.69 Å². The lowest BCUT2D eigenvalue weighted by atomic mass is 9.92. The summed E-state index contributed by atoms with van der Waals surface area (Å²) in [5.74, 6) is 0.910. The molecule has 0 spiro atoms. The van der Waals surface area contributed by atoms with Crippen LogP contribution in [0.4, 0.5) is 5.69 Å². The average Bonchev–Trinajstić information content (AvgIpc) is 2.43. The van der Waals surface area contributed by atoms with E-state index in [-0.39, 0.29) is 11.6 Å². The van der Waals surface area contributed by atoms with E-state index in [2.05, 4.69) is 0 Å². The highest BCUT2D eigenvalue weighted by Gasteiger charge is 2.26. The molecule has 2 N–H and O–H groups in total. The van der Waals surface area contributed by atoms with E-state index in [0.29, 0.717) is 17.1 Å². The van der Waals surface area contributed by atoms with Crippen molar-refractivity contribution in [2.24, 2.45) is 11.7 Å². The highest BCUT2D eigenvalue weighted by molar-refractivity contribution is 5.55. The van der Waals surface area contributed by atoms with Crippen LogP contribution in [0.15, 0.2) is 12.1 Å². The van der Waals surface area contributed by atoms with Crippen molar-refractivity contribution in [3.8, 4) is 11.5 Å². The Kier molecular flexibility index (Phi) is 5.11. The molecule has 6 nitrogen and oxygen atoms in total. The van der Waals surface area contributed by atoms with Gasteiger partial charge < -0.3 is 15.2 Å². The molecule has 0 amide bonds. The Balaban J connectivity index is 3.39. The van der Waals surface area contributed by atoms with Crippen molar-refractivity contribution in [1.82, 2.24) is 0 Å². The molecule has 19 heavy (non-hydrogen) atoms. The Morgan fingerprint density at radius 3 is 2.26 bits per heavy atom. The van der Waals surface area contributed by atoms with Crippen LogP contribution in [0.5, 0.6) is 11.5 Å². The number of nitro benzene ring substituents is 1. The predicted octanol–water partition coefficient (Wildman–Crippen LogP) is 2.66. The van der Waals surface area contributed by atoms with Gasteiger partial charge in [-0.3, -0.25) is 10.1 Å². The molecule has 0 heterocycles. The van der Waals surface area contributed by atoms with Crippen molar-refractivity contribution in [3.05, 3.63) is 27.8 Å². The van der Waals surface area contributed by atoms with Crippen molar-refractivity contribution < 1.29 is 14.4 Å². The second-order valence-electron chi connectivity index (χ2n) is 4.43. The van der Waals surface area contributed by atoms with Gasteiger partial charge in [0.1, 0.15) is 0 Å². The Labute approximate surface area is 112 Å². The summed E-state index contributed by atoms with van der Waals surface area (Å²) in [5.41, 5.74) is 6.53. The zero-order valence-electron chi connectivity index (χ0n) is 11.7. The number of rotatable bonds is 6. The maximum absolute atomic E-state index is 11.2. The van der Waals surface area contributed by atoms with Gasteiger partial charge in [-0.25, -0.2) is 0 Å². The van der Waals surface area contributed by atoms with E-state index in [0.717, 1.165) is 6.42 Å². The van der Waals surface area contributed by atoms with Crippen LogP contribution in [-0.4, -0.2) is 19.1 Å². The molecule has 0 saturated heterocycles. The van der Waals surface area contributed by atoms with Crippen LogP contribution in [0.25, 0.3) is 0 Å². The molecule has 106 valence electrons. The Morgan fingerprint density at radius 2 is 1.84 bits per heavy atom. The third-order valence-corrected chi connectivity index (χ3v) is 3.35. The molecule has 2 atom stereocenters. The number of nitro groups is 1. The number of hydrogen-bond donors (Lipinski definition) is 1. The van der Waals surface area contributed by atoms with Crippen LogP contribution in [-0.2, 0) is 0 Å². The number of nitrogens with zero attached hydrogens (tertiary/aromatic N) is 1. The fraction of sp³-hybridized carbons (Fsp3) is 0.538. The van der Waals surface area contributed by atoms with Crippen LogP contribution in [0.2, 0.25) is 0 Å². The summed E-state index contributed by atoms with van der Waals surface area (Å²) < 4.78 is 10.3. The Hall–Kier alpha value is -1.82.